The van der Waals surface area contributed by atoms with Crippen LogP contribution < -0.4 is 10.2 Å². The number of hydrogen-bond donors (Lipinski definition) is 1. The minimum Gasteiger partial charge on any atom is -0.444 e. The second kappa shape index (κ2) is 8.59. The van der Waals surface area contributed by atoms with Crippen LogP contribution in [0, 0.1) is 12.7 Å². The minimum atomic E-state index is -0.608. The van der Waals surface area contributed by atoms with Crippen LogP contribution in [-0.2, 0) is 9.53 Å². The highest BCUT2D eigenvalue weighted by Crippen LogP contribution is 2.24. The summed E-state index contributed by atoms with van der Waals surface area (Å²) in [5, 5.41) is 2.95. The second-order valence-corrected chi connectivity index (χ2v) is 8.14. The van der Waals surface area contributed by atoms with Crippen LogP contribution in [0.2, 0.25) is 0 Å². The van der Waals surface area contributed by atoms with Crippen LogP contribution in [0.3, 0.4) is 0 Å². The van der Waals surface area contributed by atoms with Gasteiger partial charge in [-0.15, -0.1) is 0 Å². The first kappa shape index (κ1) is 21.0. The molecule has 0 radical (unpaired) electrons. The molecule has 0 aliphatic carbocycles. The Bertz CT molecular complexity index is 688. The van der Waals surface area contributed by atoms with Crippen molar-refractivity contribution in [3.63, 3.8) is 0 Å². The molecule has 1 N–H and O–H groups in total. The van der Waals surface area contributed by atoms with Crippen LogP contribution in [-0.4, -0.2) is 55.2 Å². The van der Waals surface area contributed by atoms with Gasteiger partial charge in [-0.3, -0.25) is 4.79 Å². The average Bonchev–Trinajstić information content (AvgIpc) is 2.55. The number of benzene rings is 1. The summed E-state index contributed by atoms with van der Waals surface area (Å²) in [6.45, 7) is 8.48. The van der Waals surface area contributed by atoms with Crippen LogP contribution in [0.25, 0.3) is 0 Å². The first-order valence-electron chi connectivity index (χ1n) is 9.30. The SMILES string of the molecule is Cc1ccc(F)c(N2CCCC(NC(=O)CN(C)C(=O)OC(C)(C)C)C2)c1. The van der Waals surface area contributed by atoms with Crippen molar-refractivity contribution in [2.24, 2.45) is 0 Å². The summed E-state index contributed by atoms with van der Waals surface area (Å²) in [5.74, 6) is -0.503. The number of rotatable bonds is 4. The average molecular weight is 379 g/mol. The van der Waals surface area contributed by atoms with Crippen molar-refractivity contribution < 1.29 is 18.7 Å². The third-order valence-corrected chi connectivity index (χ3v) is 4.31. The Morgan fingerprint density at radius 2 is 2.07 bits per heavy atom. The monoisotopic (exact) mass is 379 g/mol. The molecule has 7 heteroatoms. The maximum absolute atomic E-state index is 14.2. The molecule has 1 aromatic rings. The fraction of sp³-hybridized carbons (Fsp3) is 0.600. The molecule has 1 aliphatic heterocycles. The van der Waals surface area contributed by atoms with Crippen LogP contribution in [0.1, 0.15) is 39.2 Å². The van der Waals surface area contributed by atoms with Crippen LogP contribution in [0.4, 0.5) is 14.9 Å². The number of ether oxygens (including phenoxy) is 1. The fourth-order valence-electron chi connectivity index (χ4n) is 3.07. The third-order valence-electron chi connectivity index (χ3n) is 4.31. The fourth-order valence-corrected chi connectivity index (χ4v) is 3.07. The molecule has 150 valence electrons. The van der Waals surface area contributed by atoms with Crippen molar-refractivity contribution in [2.45, 2.75) is 52.2 Å². The van der Waals surface area contributed by atoms with E-state index in [-0.39, 0.29) is 24.3 Å². The van der Waals surface area contributed by atoms with Gasteiger partial charge in [0.1, 0.15) is 18.0 Å². The first-order chi connectivity index (χ1) is 12.5. The van der Waals surface area contributed by atoms with Crippen molar-refractivity contribution >= 4 is 17.7 Å². The van der Waals surface area contributed by atoms with Gasteiger partial charge in [0.15, 0.2) is 0 Å². The Kier molecular flexibility index (Phi) is 6.68. The number of likely N-dealkylation sites (N-methyl/N-ethyl adjacent to an activating group) is 1. The van der Waals surface area contributed by atoms with E-state index in [2.05, 4.69) is 5.32 Å². The Morgan fingerprint density at radius 1 is 1.37 bits per heavy atom. The Balaban J connectivity index is 1.90. The van der Waals surface area contributed by atoms with Gasteiger partial charge in [-0.2, -0.15) is 0 Å². The summed E-state index contributed by atoms with van der Waals surface area (Å²) >= 11 is 0. The summed E-state index contributed by atoms with van der Waals surface area (Å²) in [7, 11) is 1.53. The second-order valence-electron chi connectivity index (χ2n) is 8.14. The standard InChI is InChI=1S/C20H30FN3O3/c1-14-8-9-16(21)17(11-14)24-10-6-7-15(12-24)22-18(25)13-23(5)19(26)27-20(2,3)4/h8-9,11,15H,6-7,10,12-13H2,1-5H3,(H,22,25). The van der Waals surface area contributed by atoms with E-state index in [4.69, 9.17) is 4.74 Å². The van der Waals surface area contributed by atoms with Gasteiger partial charge in [-0.25, -0.2) is 9.18 Å². The van der Waals surface area contributed by atoms with Crippen LogP contribution in [0.15, 0.2) is 18.2 Å². The number of anilines is 1. The molecule has 0 spiro atoms. The molecule has 1 unspecified atom stereocenters. The smallest absolute Gasteiger partial charge is 0.410 e. The molecular formula is C20H30FN3O3. The molecule has 0 saturated carbocycles. The number of carbonyl (C=O) groups excluding carboxylic acids is 2. The Labute approximate surface area is 160 Å². The quantitative estimate of drug-likeness (QED) is 0.873. The Hall–Kier alpha value is -2.31. The van der Waals surface area contributed by atoms with E-state index < -0.39 is 11.7 Å². The minimum absolute atomic E-state index is 0.0791. The number of nitrogens with zero attached hydrogens (tertiary/aromatic N) is 2. The maximum atomic E-state index is 14.2. The van der Waals surface area contributed by atoms with E-state index in [1.165, 1.54) is 18.0 Å². The summed E-state index contributed by atoms with van der Waals surface area (Å²) in [6, 6.07) is 4.96. The normalized spacial score (nSPS) is 17.4. The highest BCUT2D eigenvalue weighted by Gasteiger charge is 2.25. The van der Waals surface area contributed by atoms with E-state index in [9.17, 15) is 14.0 Å². The number of hydrogen-bond acceptors (Lipinski definition) is 4. The Morgan fingerprint density at radius 3 is 2.74 bits per heavy atom. The molecule has 1 fully saturated rings. The lowest BCUT2D eigenvalue weighted by molar-refractivity contribution is -0.122. The number of aryl methyl sites for hydroxylation is 1. The van der Waals surface area contributed by atoms with Gasteiger partial charge in [0, 0.05) is 26.2 Å². The predicted molar refractivity (Wildman–Crippen MR) is 103 cm³/mol. The van der Waals surface area contributed by atoms with Crippen molar-refractivity contribution in [3.05, 3.63) is 29.6 Å². The number of piperidine rings is 1. The van der Waals surface area contributed by atoms with E-state index in [0.29, 0.717) is 12.2 Å². The van der Waals surface area contributed by atoms with E-state index in [1.807, 2.05) is 17.9 Å². The molecule has 27 heavy (non-hydrogen) atoms. The maximum Gasteiger partial charge on any atom is 0.410 e. The number of amides is 2. The third kappa shape index (κ3) is 6.41. The number of nitrogens with one attached hydrogen (secondary N) is 1. The lowest BCUT2D eigenvalue weighted by Crippen LogP contribution is -2.50. The molecule has 1 aromatic carbocycles. The molecule has 1 aliphatic rings. The predicted octanol–water partition coefficient (Wildman–Crippen LogP) is 3.09. The van der Waals surface area contributed by atoms with Crippen molar-refractivity contribution in [2.75, 3.05) is 31.6 Å². The van der Waals surface area contributed by atoms with Gasteiger partial charge < -0.3 is 19.9 Å². The van der Waals surface area contributed by atoms with Crippen molar-refractivity contribution in [1.82, 2.24) is 10.2 Å². The van der Waals surface area contributed by atoms with Gasteiger partial charge in [0.05, 0.1) is 5.69 Å². The topological polar surface area (TPSA) is 61.9 Å². The van der Waals surface area contributed by atoms with Gasteiger partial charge in [-0.1, -0.05) is 6.07 Å². The van der Waals surface area contributed by atoms with Gasteiger partial charge in [0.2, 0.25) is 5.91 Å². The van der Waals surface area contributed by atoms with E-state index in [0.717, 1.165) is 24.9 Å². The molecule has 6 nitrogen and oxygen atoms in total. The summed E-state index contributed by atoms with van der Waals surface area (Å²) in [4.78, 5) is 27.5. The number of halogens is 1. The largest absolute Gasteiger partial charge is 0.444 e. The summed E-state index contributed by atoms with van der Waals surface area (Å²) in [5.41, 5.74) is 0.959. The van der Waals surface area contributed by atoms with E-state index in [1.54, 1.807) is 26.8 Å². The molecule has 0 aromatic heterocycles. The highest BCUT2D eigenvalue weighted by atomic mass is 19.1. The van der Waals surface area contributed by atoms with Crippen molar-refractivity contribution in [1.29, 1.82) is 0 Å². The van der Waals surface area contributed by atoms with Crippen LogP contribution >= 0.6 is 0 Å². The molecule has 1 saturated heterocycles. The molecule has 2 amide bonds. The summed E-state index contributed by atoms with van der Waals surface area (Å²) < 4.78 is 19.4. The molecule has 2 rings (SSSR count). The molecule has 0 bridgehead atoms. The molecule has 1 heterocycles. The summed E-state index contributed by atoms with van der Waals surface area (Å²) in [6.07, 6.45) is 1.15. The lowest BCUT2D eigenvalue weighted by Gasteiger charge is -2.35. The molecular weight excluding hydrogens is 349 g/mol. The van der Waals surface area contributed by atoms with Crippen molar-refractivity contribution in [3.8, 4) is 0 Å². The van der Waals surface area contributed by atoms with Gasteiger partial charge in [0.25, 0.3) is 0 Å². The molecule has 1 atom stereocenters. The highest BCUT2D eigenvalue weighted by molar-refractivity contribution is 5.82. The zero-order chi connectivity index (χ0) is 20.2. The van der Waals surface area contributed by atoms with Gasteiger partial charge in [-0.05, 0) is 58.2 Å². The number of carbonyl (C=O) groups is 2. The van der Waals surface area contributed by atoms with Crippen LogP contribution in [0.5, 0.6) is 0 Å². The van der Waals surface area contributed by atoms with Gasteiger partial charge >= 0.3 is 6.09 Å². The zero-order valence-electron chi connectivity index (χ0n) is 16.8. The lowest BCUT2D eigenvalue weighted by atomic mass is 10.0. The zero-order valence-corrected chi connectivity index (χ0v) is 16.8. The van der Waals surface area contributed by atoms with E-state index >= 15 is 0 Å². The first-order valence-corrected chi connectivity index (χ1v) is 9.30.